The van der Waals surface area contributed by atoms with Gasteiger partial charge < -0.3 is 0 Å². The summed E-state index contributed by atoms with van der Waals surface area (Å²) in [5.74, 6) is 0.648. The summed E-state index contributed by atoms with van der Waals surface area (Å²) in [6.07, 6.45) is 0.443. The Morgan fingerprint density at radius 2 is 1.96 bits per heavy atom. The number of amidine groups is 1. The molecule has 2 aromatic carbocycles. The van der Waals surface area contributed by atoms with Crippen LogP contribution in [0.2, 0.25) is 5.02 Å². The molecule has 0 radical (unpaired) electrons. The second-order valence-corrected chi connectivity index (χ2v) is 6.93. The van der Waals surface area contributed by atoms with Crippen LogP contribution in [0.3, 0.4) is 0 Å². The zero-order chi connectivity index (χ0) is 16.5. The molecule has 4 nitrogen and oxygen atoms in total. The number of hydrogen-bond donors (Lipinski definition) is 1. The van der Waals surface area contributed by atoms with Crippen molar-refractivity contribution in [1.29, 1.82) is 0 Å². The summed E-state index contributed by atoms with van der Waals surface area (Å²) in [7, 11) is 0. The SMILES string of the molecule is O=c1sc2ccccc2cc1N=C1CC(c2ccc(Cl)cc2)ON1. The van der Waals surface area contributed by atoms with Gasteiger partial charge in [0.25, 0.3) is 4.74 Å². The zero-order valence-electron chi connectivity index (χ0n) is 12.5. The Morgan fingerprint density at radius 1 is 1.17 bits per heavy atom. The summed E-state index contributed by atoms with van der Waals surface area (Å²) in [5.41, 5.74) is 4.27. The number of aliphatic imine (C=N–C) groups is 1. The highest BCUT2D eigenvalue weighted by Gasteiger charge is 2.23. The molecule has 1 N–H and O–H groups in total. The van der Waals surface area contributed by atoms with Gasteiger partial charge in [-0.1, -0.05) is 53.3 Å². The van der Waals surface area contributed by atoms with Gasteiger partial charge in [-0.15, -0.1) is 0 Å². The van der Waals surface area contributed by atoms with E-state index in [1.54, 1.807) is 0 Å². The first-order valence-electron chi connectivity index (χ1n) is 7.46. The van der Waals surface area contributed by atoms with Crippen LogP contribution in [0.1, 0.15) is 18.1 Å². The molecule has 4 rings (SSSR count). The van der Waals surface area contributed by atoms with Gasteiger partial charge in [0.1, 0.15) is 17.6 Å². The van der Waals surface area contributed by atoms with E-state index in [9.17, 15) is 4.79 Å². The Labute approximate surface area is 147 Å². The Hall–Kier alpha value is -2.21. The number of halogens is 1. The van der Waals surface area contributed by atoms with Crippen molar-refractivity contribution in [3.63, 3.8) is 0 Å². The van der Waals surface area contributed by atoms with E-state index in [0.29, 0.717) is 23.0 Å². The highest BCUT2D eigenvalue weighted by Crippen LogP contribution is 2.27. The van der Waals surface area contributed by atoms with Crippen LogP contribution in [0.15, 0.2) is 64.4 Å². The summed E-state index contributed by atoms with van der Waals surface area (Å²) in [5, 5.41) is 1.70. The number of hydroxylamine groups is 1. The van der Waals surface area contributed by atoms with Crippen LogP contribution in [-0.4, -0.2) is 5.84 Å². The number of rotatable bonds is 2. The van der Waals surface area contributed by atoms with Gasteiger partial charge in [-0.3, -0.25) is 15.1 Å². The predicted molar refractivity (Wildman–Crippen MR) is 98.2 cm³/mol. The molecule has 3 aromatic rings. The van der Waals surface area contributed by atoms with Crippen molar-refractivity contribution in [3.05, 3.63) is 74.7 Å². The van der Waals surface area contributed by atoms with Crippen molar-refractivity contribution in [1.82, 2.24) is 5.48 Å². The minimum atomic E-state index is -0.139. The van der Waals surface area contributed by atoms with E-state index >= 15 is 0 Å². The first-order chi connectivity index (χ1) is 11.7. The van der Waals surface area contributed by atoms with E-state index < -0.39 is 0 Å². The lowest BCUT2D eigenvalue weighted by molar-refractivity contribution is 0.0449. The molecule has 1 fully saturated rings. The predicted octanol–water partition coefficient (Wildman–Crippen LogP) is 4.61. The van der Waals surface area contributed by atoms with Crippen molar-refractivity contribution in [2.75, 3.05) is 0 Å². The fourth-order valence-electron chi connectivity index (χ4n) is 2.60. The lowest BCUT2D eigenvalue weighted by Gasteiger charge is -2.06. The van der Waals surface area contributed by atoms with Gasteiger partial charge in [-0.25, -0.2) is 4.99 Å². The molecule has 120 valence electrons. The second kappa shape index (κ2) is 6.36. The number of benzene rings is 2. The van der Waals surface area contributed by atoms with Gasteiger partial charge in [-0.2, -0.15) is 0 Å². The second-order valence-electron chi connectivity index (χ2n) is 5.48. The molecule has 24 heavy (non-hydrogen) atoms. The van der Waals surface area contributed by atoms with E-state index in [1.165, 1.54) is 11.3 Å². The Morgan fingerprint density at radius 3 is 2.79 bits per heavy atom. The molecule has 6 heteroatoms. The van der Waals surface area contributed by atoms with Gasteiger partial charge in [0.2, 0.25) is 0 Å². The molecular weight excluding hydrogens is 344 g/mol. The minimum Gasteiger partial charge on any atom is -0.275 e. The van der Waals surface area contributed by atoms with Crippen molar-refractivity contribution < 1.29 is 4.84 Å². The average Bonchev–Trinajstić information content (AvgIpc) is 3.05. The smallest absolute Gasteiger partial charge is 0.258 e. The first kappa shape index (κ1) is 15.3. The summed E-state index contributed by atoms with van der Waals surface area (Å²) >= 11 is 7.11. The molecule has 0 amide bonds. The largest absolute Gasteiger partial charge is 0.275 e. The Kier molecular flexibility index (Phi) is 4.06. The topological polar surface area (TPSA) is 50.7 Å². The Bertz CT molecular complexity index is 982. The van der Waals surface area contributed by atoms with Crippen molar-refractivity contribution in [3.8, 4) is 0 Å². The van der Waals surface area contributed by atoms with E-state index in [0.717, 1.165) is 15.6 Å². The summed E-state index contributed by atoms with van der Waals surface area (Å²) in [6.45, 7) is 0. The van der Waals surface area contributed by atoms with E-state index in [-0.39, 0.29) is 10.8 Å². The zero-order valence-corrected chi connectivity index (χ0v) is 14.1. The molecule has 1 saturated heterocycles. The van der Waals surface area contributed by atoms with Crippen LogP contribution in [-0.2, 0) is 4.84 Å². The number of fused-ring (bicyclic) bond motifs is 1. The maximum absolute atomic E-state index is 12.2. The number of hydrogen-bond acceptors (Lipinski definition) is 4. The summed E-state index contributed by atoms with van der Waals surface area (Å²) in [6, 6.07) is 17.1. The third-order valence-electron chi connectivity index (χ3n) is 3.82. The normalized spacial score (nSPS) is 18.9. The fraction of sp³-hybridized carbons (Fsp3) is 0.111. The monoisotopic (exact) mass is 356 g/mol. The van der Waals surface area contributed by atoms with Crippen molar-refractivity contribution in [2.24, 2.45) is 4.99 Å². The summed E-state index contributed by atoms with van der Waals surface area (Å²) in [4.78, 5) is 22.3. The average molecular weight is 357 g/mol. The maximum Gasteiger partial charge on any atom is 0.258 e. The van der Waals surface area contributed by atoms with Crippen LogP contribution >= 0.6 is 22.9 Å². The standard InChI is InChI=1S/C18H13ClN2O2S/c19-13-7-5-11(6-8-13)15-10-17(21-23-15)20-14-9-12-3-1-2-4-16(12)24-18(14)22/h1-9,15H,10H2,(H,20,21). The first-order valence-corrected chi connectivity index (χ1v) is 8.66. The third-order valence-corrected chi connectivity index (χ3v) is 5.06. The Balaban J connectivity index is 1.61. The van der Waals surface area contributed by atoms with Crippen LogP contribution in [0.4, 0.5) is 5.69 Å². The summed E-state index contributed by atoms with van der Waals surface area (Å²) < 4.78 is 0.902. The van der Waals surface area contributed by atoms with Crippen LogP contribution in [0.5, 0.6) is 0 Å². The molecule has 1 aromatic heterocycles. The molecule has 1 unspecified atom stereocenters. The molecule has 0 spiro atoms. The van der Waals surface area contributed by atoms with Gasteiger partial charge in [0, 0.05) is 16.1 Å². The van der Waals surface area contributed by atoms with Gasteiger partial charge in [0.05, 0.1) is 0 Å². The maximum atomic E-state index is 12.2. The number of nitrogens with one attached hydrogen (secondary N) is 1. The fourth-order valence-corrected chi connectivity index (χ4v) is 3.53. The van der Waals surface area contributed by atoms with Crippen molar-refractivity contribution >= 4 is 44.5 Å². The molecule has 1 atom stereocenters. The quantitative estimate of drug-likeness (QED) is 0.729. The van der Waals surface area contributed by atoms with Gasteiger partial charge in [0.15, 0.2) is 0 Å². The highest BCUT2D eigenvalue weighted by atomic mass is 35.5. The van der Waals surface area contributed by atoms with E-state index in [2.05, 4.69) is 10.5 Å². The molecular formula is C18H13ClN2O2S. The van der Waals surface area contributed by atoms with E-state index in [1.807, 2.05) is 54.6 Å². The molecule has 2 heterocycles. The van der Waals surface area contributed by atoms with Crippen LogP contribution in [0.25, 0.3) is 10.1 Å². The number of nitrogens with zero attached hydrogens (tertiary/aromatic N) is 1. The minimum absolute atomic E-state index is 0.0575. The third kappa shape index (κ3) is 3.06. The lowest BCUT2D eigenvalue weighted by Crippen LogP contribution is -2.13. The lowest BCUT2D eigenvalue weighted by atomic mass is 10.1. The molecule has 0 aliphatic carbocycles. The molecule has 1 aliphatic heterocycles. The van der Waals surface area contributed by atoms with Crippen molar-refractivity contribution in [2.45, 2.75) is 12.5 Å². The van der Waals surface area contributed by atoms with Crippen LogP contribution in [0, 0.1) is 0 Å². The van der Waals surface area contributed by atoms with E-state index in [4.69, 9.17) is 16.4 Å². The molecule has 0 saturated carbocycles. The highest BCUT2D eigenvalue weighted by molar-refractivity contribution is 7.16. The van der Waals surface area contributed by atoms with Gasteiger partial charge in [-0.05, 0) is 35.2 Å². The molecule has 1 aliphatic rings. The van der Waals surface area contributed by atoms with Gasteiger partial charge >= 0.3 is 0 Å². The molecule has 0 bridgehead atoms. The van der Waals surface area contributed by atoms with Crippen LogP contribution < -0.4 is 10.2 Å².